The van der Waals surface area contributed by atoms with E-state index in [9.17, 15) is 14.7 Å². The lowest BCUT2D eigenvalue weighted by Gasteiger charge is -2.23. The first kappa shape index (κ1) is 16.9. The minimum absolute atomic E-state index is 0.0732. The molecule has 2 amide bonds. The minimum atomic E-state index is -0.624. The summed E-state index contributed by atoms with van der Waals surface area (Å²) in [6.07, 6.45) is 1.44. The van der Waals surface area contributed by atoms with Gasteiger partial charge in [0, 0.05) is 26.7 Å². The normalized spacial score (nSPS) is 16.1. The van der Waals surface area contributed by atoms with E-state index in [0.29, 0.717) is 12.6 Å². The summed E-state index contributed by atoms with van der Waals surface area (Å²) in [7, 11) is 4.86. The maximum absolute atomic E-state index is 11.9. The van der Waals surface area contributed by atoms with E-state index >= 15 is 0 Å². The van der Waals surface area contributed by atoms with Gasteiger partial charge in [-0.1, -0.05) is 0 Å². The van der Waals surface area contributed by atoms with E-state index in [-0.39, 0.29) is 31.5 Å². The molecule has 0 aromatic rings. The average molecular weight is 287 g/mol. The summed E-state index contributed by atoms with van der Waals surface area (Å²) in [5, 5.41) is 12.4. The van der Waals surface area contributed by atoms with Gasteiger partial charge in [0.2, 0.25) is 11.8 Å². The number of hydrogen-bond donors (Lipinski definition) is 2. The molecule has 2 N–H and O–H groups in total. The van der Waals surface area contributed by atoms with Crippen molar-refractivity contribution in [3.8, 4) is 0 Å². The predicted octanol–water partition coefficient (Wildman–Crippen LogP) is -1.34. The van der Waals surface area contributed by atoms with Gasteiger partial charge >= 0.3 is 0 Å². The standard InChI is InChI=1S/C13H25N3O4/c1-15(6-11(17)9-20-3)8-13(19)16(2)7-12(18)14-10-4-5-10/h10-11,17H,4-9H2,1-3H3,(H,14,18). The Labute approximate surface area is 119 Å². The second-order valence-electron chi connectivity index (χ2n) is 5.40. The molecule has 0 aromatic carbocycles. The van der Waals surface area contributed by atoms with Gasteiger partial charge < -0.3 is 20.1 Å². The minimum Gasteiger partial charge on any atom is -0.389 e. The SMILES string of the molecule is COCC(O)CN(C)CC(=O)N(C)CC(=O)NC1CC1. The Hall–Kier alpha value is -1.18. The molecule has 7 heteroatoms. The van der Waals surface area contributed by atoms with Crippen LogP contribution in [-0.4, -0.2) is 86.3 Å². The lowest BCUT2D eigenvalue weighted by Crippen LogP contribution is -2.44. The monoisotopic (exact) mass is 287 g/mol. The fraction of sp³-hybridized carbons (Fsp3) is 0.846. The number of methoxy groups -OCH3 is 1. The lowest BCUT2D eigenvalue weighted by molar-refractivity contribution is -0.135. The first-order valence-electron chi connectivity index (χ1n) is 6.81. The molecular weight excluding hydrogens is 262 g/mol. The van der Waals surface area contributed by atoms with Crippen LogP contribution in [0.1, 0.15) is 12.8 Å². The fourth-order valence-corrected chi connectivity index (χ4v) is 1.83. The van der Waals surface area contributed by atoms with Crippen LogP contribution in [0.3, 0.4) is 0 Å². The van der Waals surface area contributed by atoms with Gasteiger partial charge in [-0.15, -0.1) is 0 Å². The van der Waals surface area contributed by atoms with E-state index in [0.717, 1.165) is 12.8 Å². The van der Waals surface area contributed by atoms with E-state index in [1.807, 2.05) is 0 Å². The van der Waals surface area contributed by atoms with E-state index in [1.54, 1.807) is 19.0 Å². The first-order valence-corrected chi connectivity index (χ1v) is 6.81. The van der Waals surface area contributed by atoms with Crippen molar-refractivity contribution in [1.29, 1.82) is 0 Å². The number of nitrogens with one attached hydrogen (secondary N) is 1. The van der Waals surface area contributed by atoms with Gasteiger partial charge in [-0.05, 0) is 19.9 Å². The summed E-state index contributed by atoms with van der Waals surface area (Å²) >= 11 is 0. The molecule has 0 heterocycles. The number of likely N-dealkylation sites (N-methyl/N-ethyl adjacent to an activating group) is 2. The summed E-state index contributed by atoms with van der Waals surface area (Å²) in [5.41, 5.74) is 0. The molecule has 0 aliphatic heterocycles. The molecule has 0 bridgehead atoms. The predicted molar refractivity (Wildman–Crippen MR) is 74.2 cm³/mol. The molecule has 1 rings (SSSR count). The lowest BCUT2D eigenvalue weighted by atomic mass is 10.3. The van der Waals surface area contributed by atoms with Gasteiger partial charge in [-0.3, -0.25) is 14.5 Å². The quantitative estimate of drug-likeness (QED) is 0.549. The average Bonchev–Trinajstić information content (AvgIpc) is 3.12. The van der Waals surface area contributed by atoms with E-state index in [1.165, 1.54) is 12.0 Å². The first-order chi connectivity index (χ1) is 9.42. The van der Waals surface area contributed by atoms with Gasteiger partial charge in [-0.25, -0.2) is 0 Å². The van der Waals surface area contributed by atoms with Crippen molar-refractivity contribution in [3.63, 3.8) is 0 Å². The molecule has 0 aromatic heterocycles. The Bertz CT molecular complexity index is 334. The van der Waals surface area contributed by atoms with Gasteiger partial charge in [0.1, 0.15) is 0 Å². The number of carbonyl (C=O) groups excluding carboxylic acids is 2. The molecule has 0 spiro atoms. The van der Waals surface area contributed by atoms with E-state index in [4.69, 9.17) is 4.74 Å². The van der Waals surface area contributed by atoms with Crippen molar-refractivity contribution in [2.75, 3.05) is 47.4 Å². The molecule has 1 atom stereocenters. The Morgan fingerprint density at radius 1 is 1.35 bits per heavy atom. The third-order valence-corrected chi connectivity index (χ3v) is 3.04. The Morgan fingerprint density at radius 3 is 2.55 bits per heavy atom. The number of nitrogens with zero attached hydrogens (tertiary/aromatic N) is 2. The van der Waals surface area contributed by atoms with Gasteiger partial charge in [0.05, 0.1) is 25.8 Å². The largest absolute Gasteiger partial charge is 0.389 e. The molecule has 1 unspecified atom stereocenters. The zero-order valence-electron chi connectivity index (χ0n) is 12.5. The summed E-state index contributed by atoms with van der Waals surface area (Å²) < 4.78 is 4.83. The number of ether oxygens (including phenoxy) is 1. The highest BCUT2D eigenvalue weighted by Crippen LogP contribution is 2.18. The second-order valence-corrected chi connectivity index (χ2v) is 5.40. The highest BCUT2D eigenvalue weighted by Gasteiger charge is 2.24. The maximum Gasteiger partial charge on any atom is 0.239 e. The molecule has 1 fully saturated rings. The zero-order valence-corrected chi connectivity index (χ0v) is 12.5. The molecule has 20 heavy (non-hydrogen) atoms. The molecule has 7 nitrogen and oxygen atoms in total. The van der Waals surface area contributed by atoms with Crippen molar-refractivity contribution in [2.24, 2.45) is 0 Å². The molecule has 1 aliphatic carbocycles. The topological polar surface area (TPSA) is 82.1 Å². The van der Waals surface area contributed by atoms with Crippen molar-refractivity contribution in [1.82, 2.24) is 15.1 Å². The second kappa shape index (κ2) is 8.18. The molecule has 0 saturated heterocycles. The third-order valence-electron chi connectivity index (χ3n) is 3.04. The summed E-state index contributed by atoms with van der Waals surface area (Å²) in [6.45, 7) is 0.817. The molecule has 1 aliphatic rings. The smallest absolute Gasteiger partial charge is 0.239 e. The van der Waals surface area contributed by atoms with Crippen LogP contribution < -0.4 is 5.32 Å². The molecule has 116 valence electrons. The van der Waals surface area contributed by atoms with Crippen LogP contribution in [-0.2, 0) is 14.3 Å². The van der Waals surface area contributed by atoms with Crippen LogP contribution >= 0.6 is 0 Å². The van der Waals surface area contributed by atoms with Crippen LogP contribution in [0.15, 0.2) is 0 Å². The fourth-order valence-electron chi connectivity index (χ4n) is 1.83. The van der Waals surface area contributed by atoms with Gasteiger partial charge in [0.15, 0.2) is 0 Å². The highest BCUT2D eigenvalue weighted by atomic mass is 16.5. The molecular formula is C13H25N3O4. The number of carbonyl (C=O) groups is 2. The van der Waals surface area contributed by atoms with Crippen LogP contribution in [0.2, 0.25) is 0 Å². The summed E-state index contributed by atoms with van der Waals surface area (Å²) in [5.74, 6) is -0.270. The highest BCUT2D eigenvalue weighted by molar-refractivity contribution is 5.85. The molecule has 1 saturated carbocycles. The van der Waals surface area contributed by atoms with Crippen molar-refractivity contribution in [3.05, 3.63) is 0 Å². The van der Waals surface area contributed by atoms with E-state index < -0.39 is 6.10 Å². The van der Waals surface area contributed by atoms with Crippen LogP contribution in [0, 0.1) is 0 Å². The number of aliphatic hydroxyl groups is 1. The third kappa shape index (κ3) is 6.83. The van der Waals surface area contributed by atoms with Crippen molar-refractivity contribution < 1.29 is 19.4 Å². The Balaban J connectivity index is 2.23. The Morgan fingerprint density at radius 2 is 2.00 bits per heavy atom. The number of hydrogen-bond acceptors (Lipinski definition) is 5. The zero-order chi connectivity index (χ0) is 15.1. The van der Waals surface area contributed by atoms with Crippen LogP contribution in [0.25, 0.3) is 0 Å². The van der Waals surface area contributed by atoms with Crippen molar-refractivity contribution in [2.45, 2.75) is 25.0 Å². The number of rotatable bonds is 9. The summed E-state index contributed by atoms with van der Waals surface area (Å²) in [6, 6.07) is 0.304. The van der Waals surface area contributed by atoms with Gasteiger partial charge in [0.25, 0.3) is 0 Å². The maximum atomic E-state index is 11.9. The molecule has 0 radical (unpaired) electrons. The van der Waals surface area contributed by atoms with Crippen LogP contribution in [0.5, 0.6) is 0 Å². The number of amides is 2. The van der Waals surface area contributed by atoms with Crippen LogP contribution in [0.4, 0.5) is 0 Å². The van der Waals surface area contributed by atoms with E-state index in [2.05, 4.69) is 5.32 Å². The van der Waals surface area contributed by atoms with Gasteiger partial charge in [-0.2, -0.15) is 0 Å². The summed E-state index contributed by atoms with van der Waals surface area (Å²) in [4.78, 5) is 26.6. The number of aliphatic hydroxyl groups excluding tert-OH is 1. The van der Waals surface area contributed by atoms with Crippen molar-refractivity contribution >= 4 is 11.8 Å². The Kier molecular flexibility index (Phi) is 6.90.